The smallest absolute Gasteiger partial charge is 0.227 e. The fraction of sp³-hybridized carbons (Fsp3) is 1.00. The summed E-state index contributed by atoms with van der Waals surface area (Å²) in [6.07, 6.45) is 2.15. The first-order valence-corrected chi connectivity index (χ1v) is 6.09. The molecule has 0 aromatic heterocycles. The highest BCUT2D eigenvalue weighted by Gasteiger charge is 2.22. The normalized spacial score (nSPS) is 20.1. The van der Waals surface area contributed by atoms with E-state index in [9.17, 15) is 4.80 Å². The third kappa shape index (κ3) is 2.84. The Hall–Kier alpha value is 0.177. The molecular formula is C8H19OSi. The van der Waals surface area contributed by atoms with Crippen LogP contribution in [0.25, 0.3) is 0 Å². The maximum absolute atomic E-state index is 11.5. The van der Waals surface area contributed by atoms with Crippen molar-refractivity contribution in [2.24, 2.45) is 0 Å². The minimum absolute atomic E-state index is 0.481. The molecule has 0 rings (SSSR count). The predicted octanol–water partition coefficient (Wildman–Crippen LogP) is 2.74. The van der Waals surface area contributed by atoms with E-state index in [1.807, 2.05) is 0 Å². The molecule has 0 N–H and O–H groups in total. The summed E-state index contributed by atoms with van der Waals surface area (Å²) in [4.78, 5) is 11.5. The molecule has 0 aliphatic carbocycles. The lowest BCUT2D eigenvalue weighted by atomic mass is 10.4. The molecule has 0 aliphatic heterocycles. The fourth-order valence-corrected chi connectivity index (χ4v) is 3.08. The van der Waals surface area contributed by atoms with E-state index in [1.165, 1.54) is 0 Å². The Morgan fingerprint density at radius 1 is 1.10 bits per heavy atom. The van der Waals surface area contributed by atoms with E-state index in [0.29, 0.717) is 11.1 Å². The standard InChI is InChI=1S/C8H19OSi/c1-5-7(3)10(9)8(4)6-2/h7-8,10H,5-6H2,1-4H3. The van der Waals surface area contributed by atoms with E-state index in [0.717, 1.165) is 12.8 Å². The predicted molar refractivity (Wildman–Crippen MR) is 47.3 cm³/mol. The van der Waals surface area contributed by atoms with E-state index < -0.39 is 9.04 Å². The van der Waals surface area contributed by atoms with Crippen molar-refractivity contribution in [1.82, 2.24) is 0 Å². The van der Waals surface area contributed by atoms with Gasteiger partial charge in [0.15, 0.2) is 0 Å². The molecule has 0 saturated carbocycles. The molecule has 0 aromatic carbocycles. The van der Waals surface area contributed by atoms with Crippen LogP contribution >= 0.6 is 0 Å². The van der Waals surface area contributed by atoms with E-state index >= 15 is 0 Å². The van der Waals surface area contributed by atoms with Gasteiger partial charge >= 0.3 is 0 Å². The number of rotatable bonds is 4. The third-order valence-electron chi connectivity index (χ3n) is 2.41. The third-order valence-corrected chi connectivity index (χ3v) is 5.60. The maximum Gasteiger partial charge on any atom is 0.227 e. The van der Waals surface area contributed by atoms with Crippen molar-refractivity contribution >= 4 is 9.04 Å². The van der Waals surface area contributed by atoms with Gasteiger partial charge in [-0.25, -0.2) is 0 Å². The highest BCUT2D eigenvalue weighted by molar-refractivity contribution is 6.53. The minimum atomic E-state index is -1.64. The molecule has 10 heavy (non-hydrogen) atoms. The van der Waals surface area contributed by atoms with Crippen molar-refractivity contribution < 1.29 is 4.80 Å². The van der Waals surface area contributed by atoms with E-state index in [1.54, 1.807) is 0 Å². The molecule has 1 nitrogen and oxygen atoms in total. The van der Waals surface area contributed by atoms with Gasteiger partial charge < -0.3 is 4.80 Å². The van der Waals surface area contributed by atoms with Crippen LogP contribution in [0.4, 0.5) is 0 Å². The molecule has 0 aliphatic rings. The lowest BCUT2D eigenvalue weighted by Crippen LogP contribution is -2.21. The minimum Gasteiger partial charge on any atom is -0.301 e. The van der Waals surface area contributed by atoms with Gasteiger partial charge in [-0.3, -0.25) is 0 Å². The molecule has 2 atom stereocenters. The van der Waals surface area contributed by atoms with Crippen molar-refractivity contribution in [3.05, 3.63) is 0 Å². The fourth-order valence-electron chi connectivity index (χ4n) is 1.03. The summed E-state index contributed by atoms with van der Waals surface area (Å²) in [6, 6.07) is 0. The van der Waals surface area contributed by atoms with Gasteiger partial charge in [-0.15, -0.1) is 0 Å². The summed E-state index contributed by atoms with van der Waals surface area (Å²) >= 11 is 0. The Morgan fingerprint density at radius 2 is 1.40 bits per heavy atom. The molecule has 2 unspecified atom stereocenters. The van der Waals surface area contributed by atoms with E-state index in [2.05, 4.69) is 27.7 Å². The van der Waals surface area contributed by atoms with Gasteiger partial charge in [0, 0.05) is 0 Å². The van der Waals surface area contributed by atoms with Gasteiger partial charge in [-0.05, 0) is 11.1 Å². The quantitative estimate of drug-likeness (QED) is 0.562. The summed E-state index contributed by atoms with van der Waals surface area (Å²) < 4.78 is 0. The highest BCUT2D eigenvalue weighted by atomic mass is 28.3. The van der Waals surface area contributed by atoms with Crippen molar-refractivity contribution in [3.63, 3.8) is 0 Å². The van der Waals surface area contributed by atoms with Crippen LogP contribution in [-0.2, 0) is 4.80 Å². The summed E-state index contributed by atoms with van der Waals surface area (Å²) in [5, 5.41) is 0. The summed E-state index contributed by atoms with van der Waals surface area (Å²) in [5.41, 5.74) is 0.963. The van der Waals surface area contributed by atoms with Crippen molar-refractivity contribution in [2.75, 3.05) is 0 Å². The van der Waals surface area contributed by atoms with Crippen LogP contribution in [0, 0.1) is 0 Å². The summed E-state index contributed by atoms with van der Waals surface area (Å²) in [7, 11) is -1.64. The molecule has 0 heterocycles. The van der Waals surface area contributed by atoms with Crippen LogP contribution in [0.15, 0.2) is 0 Å². The summed E-state index contributed by atoms with van der Waals surface area (Å²) in [6.45, 7) is 8.45. The molecule has 2 heteroatoms. The lowest BCUT2D eigenvalue weighted by molar-refractivity contribution is 0.413. The molecule has 0 fully saturated rings. The van der Waals surface area contributed by atoms with Crippen LogP contribution in [-0.4, -0.2) is 9.04 Å². The lowest BCUT2D eigenvalue weighted by Gasteiger charge is -2.17. The van der Waals surface area contributed by atoms with Crippen LogP contribution in [0.3, 0.4) is 0 Å². The van der Waals surface area contributed by atoms with Crippen LogP contribution in [0.1, 0.15) is 40.5 Å². The monoisotopic (exact) mass is 159 g/mol. The second-order valence-corrected chi connectivity index (χ2v) is 6.44. The van der Waals surface area contributed by atoms with Crippen molar-refractivity contribution in [3.8, 4) is 0 Å². The van der Waals surface area contributed by atoms with Gasteiger partial charge in [0.25, 0.3) is 0 Å². The second-order valence-electron chi connectivity index (χ2n) is 3.24. The van der Waals surface area contributed by atoms with E-state index in [4.69, 9.17) is 0 Å². The average Bonchev–Trinajstić information content (AvgIpc) is 2.00. The largest absolute Gasteiger partial charge is 0.301 e. The zero-order valence-electron chi connectivity index (χ0n) is 7.55. The Labute approximate surface area is 66.2 Å². The Morgan fingerprint density at radius 3 is 1.60 bits per heavy atom. The molecule has 0 aromatic rings. The molecule has 0 amide bonds. The van der Waals surface area contributed by atoms with Crippen LogP contribution in [0.2, 0.25) is 11.1 Å². The highest BCUT2D eigenvalue weighted by Crippen LogP contribution is 2.24. The molecule has 1 radical (unpaired) electrons. The van der Waals surface area contributed by atoms with Crippen molar-refractivity contribution in [1.29, 1.82) is 0 Å². The topological polar surface area (TPSA) is 19.9 Å². The van der Waals surface area contributed by atoms with E-state index in [-0.39, 0.29) is 0 Å². The zero-order chi connectivity index (χ0) is 8.15. The van der Waals surface area contributed by atoms with Gasteiger partial charge in [0.2, 0.25) is 9.04 Å². The molecule has 61 valence electrons. The van der Waals surface area contributed by atoms with Gasteiger partial charge in [-0.2, -0.15) is 0 Å². The zero-order valence-corrected chi connectivity index (χ0v) is 8.71. The molecule has 0 spiro atoms. The van der Waals surface area contributed by atoms with Gasteiger partial charge in [-0.1, -0.05) is 40.5 Å². The number of hydrogen-bond acceptors (Lipinski definition) is 0. The van der Waals surface area contributed by atoms with Gasteiger partial charge in [0.1, 0.15) is 0 Å². The molecule has 0 saturated heterocycles. The number of hydrogen-bond donors (Lipinski definition) is 0. The second kappa shape index (κ2) is 4.91. The van der Waals surface area contributed by atoms with Crippen LogP contribution in [0.5, 0.6) is 0 Å². The molecular weight excluding hydrogens is 140 g/mol. The van der Waals surface area contributed by atoms with Crippen LogP contribution < -0.4 is 0 Å². The SMILES string of the molecule is CCC(C)[SiH]([O])C(C)CC. The summed E-state index contributed by atoms with van der Waals surface area (Å²) in [5.74, 6) is 0. The first-order valence-electron chi connectivity index (χ1n) is 4.29. The van der Waals surface area contributed by atoms with Gasteiger partial charge in [0.05, 0.1) is 0 Å². The first kappa shape index (κ1) is 10.2. The maximum atomic E-state index is 11.5. The Balaban J connectivity index is 3.69. The molecule has 0 bridgehead atoms. The first-order chi connectivity index (χ1) is 4.63. The Kier molecular flexibility index (Phi) is 5.00. The van der Waals surface area contributed by atoms with Crippen molar-refractivity contribution in [2.45, 2.75) is 51.6 Å². The Bertz CT molecular complexity index is 75.3. The average molecular weight is 159 g/mol.